The number of nitrogens with one attached hydrogen (secondary N) is 2. The molecule has 5 heteroatoms. The Balaban J connectivity index is 1.73. The first-order valence-electron chi connectivity index (χ1n) is 8.08. The molecule has 2 rings (SSSR count). The molecule has 5 nitrogen and oxygen atoms in total. The molecule has 1 fully saturated rings. The summed E-state index contributed by atoms with van der Waals surface area (Å²) in [5.41, 5.74) is 0.936. The lowest BCUT2D eigenvalue weighted by Crippen LogP contribution is -2.29. The Kier molecular flexibility index (Phi) is 7.19. The summed E-state index contributed by atoms with van der Waals surface area (Å²) < 4.78 is 5.47. The Morgan fingerprint density at radius 2 is 2.09 bits per heavy atom. The smallest absolute Gasteiger partial charge is 0.220 e. The molecule has 1 aliphatic rings. The van der Waals surface area contributed by atoms with Crippen molar-refractivity contribution in [1.82, 2.24) is 10.6 Å². The number of ether oxygens (including phenoxy) is 1. The van der Waals surface area contributed by atoms with E-state index >= 15 is 0 Å². The second-order valence-corrected chi connectivity index (χ2v) is 5.69. The Morgan fingerprint density at radius 3 is 2.86 bits per heavy atom. The zero-order chi connectivity index (χ0) is 15.6. The van der Waals surface area contributed by atoms with Crippen LogP contribution < -0.4 is 15.4 Å². The van der Waals surface area contributed by atoms with E-state index in [2.05, 4.69) is 10.6 Å². The first kappa shape index (κ1) is 16.8. The summed E-state index contributed by atoms with van der Waals surface area (Å²) >= 11 is 0. The van der Waals surface area contributed by atoms with Crippen LogP contribution in [0.2, 0.25) is 0 Å². The summed E-state index contributed by atoms with van der Waals surface area (Å²) in [5, 5.41) is 15.1. The minimum Gasteiger partial charge on any atom is -0.491 e. The third kappa shape index (κ3) is 5.66. The summed E-state index contributed by atoms with van der Waals surface area (Å²) in [6.45, 7) is 2.86. The third-order valence-corrected chi connectivity index (χ3v) is 4.04. The Labute approximate surface area is 132 Å². The van der Waals surface area contributed by atoms with Crippen LogP contribution in [0.4, 0.5) is 0 Å². The molecule has 1 aliphatic heterocycles. The van der Waals surface area contributed by atoms with E-state index in [9.17, 15) is 4.79 Å². The van der Waals surface area contributed by atoms with Gasteiger partial charge in [-0.25, -0.2) is 0 Å². The largest absolute Gasteiger partial charge is 0.491 e. The first-order valence-corrected chi connectivity index (χ1v) is 8.08. The maximum Gasteiger partial charge on any atom is 0.220 e. The molecule has 122 valence electrons. The average molecular weight is 306 g/mol. The summed E-state index contributed by atoms with van der Waals surface area (Å²) in [4.78, 5) is 12.0. The highest BCUT2D eigenvalue weighted by atomic mass is 16.5. The number of amides is 1. The number of aliphatic hydroxyl groups excluding tert-OH is 1. The SMILES string of the molecule is O=C(CCC1CCNCC1)NCc1ccccc1OCCO. The van der Waals surface area contributed by atoms with Crippen molar-refractivity contribution in [2.24, 2.45) is 5.92 Å². The highest BCUT2D eigenvalue weighted by Gasteiger charge is 2.14. The van der Waals surface area contributed by atoms with E-state index in [0.29, 0.717) is 18.9 Å². The highest BCUT2D eigenvalue weighted by Crippen LogP contribution is 2.19. The van der Waals surface area contributed by atoms with Crippen LogP contribution in [-0.2, 0) is 11.3 Å². The molecule has 1 aromatic rings. The highest BCUT2D eigenvalue weighted by molar-refractivity contribution is 5.75. The number of hydrogen-bond acceptors (Lipinski definition) is 4. The fourth-order valence-corrected chi connectivity index (χ4v) is 2.73. The second kappa shape index (κ2) is 9.43. The maximum absolute atomic E-state index is 12.0. The van der Waals surface area contributed by atoms with Crippen molar-refractivity contribution in [2.75, 3.05) is 26.3 Å². The first-order chi connectivity index (χ1) is 10.8. The lowest BCUT2D eigenvalue weighted by atomic mass is 9.93. The molecule has 22 heavy (non-hydrogen) atoms. The molecule has 0 aromatic heterocycles. The molecule has 3 N–H and O–H groups in total. The predicted octanol–water partition coefficient (Wildman–Crippen LogP) is 1.45. The van der Waals surface area contributed by atoms with Crippen LogP contribution in [0.25, 0.3) is 0 Å². The van der Waals surface area contributed by atoms with Crippen molar-refractivity contribution >= 4 is 5.91 Å². The number of carbonyl (C=O) groups excluding carboxylic acids is 1. The van der Waals surface area contributed by atoms with E-state index in [1.807, 2.05) is 24.3 Å². The van der Waals surface area contributed by atoms with E-state index in [4.69, 9.17) is 9.84 Å². The number of para-hydroxylation sites is 1. The molecular formula is C17H26N2O3. The van der Waals surface area contributed by atoms with Crippen LogP contribution in [-0.4, -0.2) is 37.3 Å². The topological polar surface area (TPSA) is 70.6 Å². The van der Waals surface area contributed by atoms with Gasteiger partial charge in [-0.2, -0.15) is 0 Å². The van der Waals surface area contributed by atoms with E-state index < -0.39 is 0 Å². The quantitative estimate of drug-likeness (QED) is 0.680. The molecule has 1 aromatic carbocycles. The number of aliphatic hydroxyl groups is 1. The lowest BCUT2D eigenvalue weighted by Gasteiger charge is -2.22. The monoisotopic (exact) mass is 306 g/mol. The number of hydrogen-bond donors (Lipinski definition) is 3. The molecule has 0 atom stereocenters. The molecule has 0 aliphatic carbocycles. The van der Waals surface area contributed by atoms with Crippen molar-refractivity contribution in [3.8, 4) is 5.75 Å². The molecule has 1 heterocycles. The fourth-order valence-electron chi connectivity index (χ4n) is 2.73. The van der Waals surface area contributed by atoms with Crippen molar-refractivity contribution in [1.29, 1.82) is 0 Å². The Hall–Kier alpha value is -1.59. The molecule has 0 saturated carbocycles. The number of benzene rings is 1. The van der Waals surface area contributed by atoms with Gasteiger partial charge in [0, 0.05) is 18.5 Å². The zero-order valence-electron chi connectivity index (χ0n) is 13.0. The summed E-state index contributed by atoms with van der Waals surface area (Å²) in [6.07, 6.45) is 3.90. The van der Waals surface area contributed by atoms with E-state index in [1.54, 1.807) is 0 Å². The van der Waals surface area contributed by atoms with Gasteiger partial charge in [-0.05, 0) is 44.3 Å². The van der Waals surface area contributed by atoms with Crippen molar-refractivity contribution in [2.45, 2.75) is 32.2 Å². The second-order valence-electron chi connectivity index (χ2n) is 5.69. The third-order valence-electron chi connectivity index (χ3n) is 4.04. The Morgan fingerprint density at radius 1 is 1.32 bits per heavy atom. The predicted molar refractivity (Wildman–Crippen MR) is 85.7 cm³/mol. The van der Waals surface area contributed by atoms with Gasteiger partial charge in [-0.15, -0.1) is 0 Å². The standard InChI is InChI=1S/C17H26N2O3/c20-11-12-22-16-4-2-1-3-15(16)13-19-17(21)6-5-14-7-9-18-10-8-14/h1-4,14,18,20H,5-13H2,(H,19,21). The van der Waals surface area contributed by atoms with E-state index in [0.717, 1.165) is 30.8 Å². The van der Waals surface area contributed by atoms with Gasteiger partial charge >= 0.3 is 0 Å². The molecular weight excluding hydrogens is 280 g/mol. The molecule has 0 unspecified atom stereocenters. The summed E-state index contributed by atoms with van der Waals surface area (Å²) in [5.74, 6) is 1.48. The van der Waals surface area contributed by atoms with Crippen LogP contribution in [0.3, 0.4) is 0 Å². The molecule has 0 spiro atoms. The van der Waals surface area contributed by atoms with Gasteiger partial charge in [0.15, 0.2) is 0 Å². The van der Waals surface area contributed by atoms with Crippen LogP contribution in [0.5, 0.6) is 5.75 Å². The minimum atomic E-state index is -0.0169. The molecule has 0 radical (unpaired) electrons. The summed E-state index contributed by atoms with van der Waals surface area (Å²) in [7, 11) is 0. The van der Waals surface area contributed by atoms with Gasteiger partial charge in [0.1, 0.15) is 12.4 Å². The number of rotatable bonds is 8. The van der Waals surface area contributed by atoms with Gasteiger partial charge in [-0.1, -0.05) is 18.2 Å². The van der Waals surface area contributed by atoms with Gasteiger partial charge in [0.05, 0.1) is 6.61 Å². The van der Waals surface area contributed by atoms with E-state index in [1.165, 1.54) is 12.8 Å². The van der Waals surface area contributed by atoms with Crippen LogP contribution >= 0.6 is 0 Å². The van der Waals surface area contributed by atoms with Crippen LogP contribution in [0.1, 0.15) is 31.2 Å². The van der Waals surface area contributed by atoms with Crippen molar-refractivity contribution < 1.29 is 14.6 Å². The Bertz CT molecular complexity index is 459. The van der Waals surface area contributed by atoms with Crippen molar-refractivity contribution in [3.05, 3.63) is 29.8 Å². The minimum absolute atomic E-state index is 0.0169. The zero-order valence-corrected chi connectivity index (χ0v) is 13.0. The van der Waals surface area contributed by atoms with Gasteiger partial charge in [-0.3, -0.25) is 4.79 Å². The van der Waals surface area contributed by atoms with Crippen LogP contribution in [0.15, 0.2) is 24.3 Å². The van der Waals surface area contributed by atoms with Gasteiger partial charge in [0.2, 0.25) is 5.91 Å². The molecule has 1 saturated heterocycles. The number of piperidine rings is 1. The maximum atomic E-state index is 12.0. The normalized spacial score (nSPS) is 15.5. The van der Waals surface area contributed by atoms with E-state index in [-0.39, 0.29) is 19.1 Å². The number of carbonyl (C=O) groups is 1. The fraction of sp³-hybridized carbons (Fsp3) is 0.588. The van der Waals surface area contributed by atoms with Crippen molar-refractivity contribution in [3.63, 3.8) is 0 Å². The summed E-state index contributed by atoms with van der Waals surface area (Å²) in [6, 6.07) is 7.59. The molecule has 0 bridgehead atoms. The lowest BCUT2D eigenvalue weighted by molar-refractivity contribution is -0.121. The van der Waals surface area contributed by atoms with Gasteiger partial charge in [0.25, 0.3) is 0 Å². The average Bonchev–Trinajstić information content (AvgIpc) is 2.58. The molecule has 1 amide bonds. The van der Waals surface area contributed by atoms with Gasteiger partial charge < -0.3 is 20.5 Å². The van der Waals surface area contributed by atoms with Crippen LogP contribution in [0, 0.1) is 5.92 Å².